The normalized spacial score (nSPS) is 12.5. The first kappa shape index (κ1) is 18.3. The second-order valence-electron chi connectivity index (χ2n) is 5.83. The van der Waals surface area contributed by atoms with Gasteiger partial charge in [-0.15, -0.1) is 0 Å². The van der Waals surface area contributed by atoms with Gasteiger partial charge < -0.3 is 0 Å². The summed E-state index contributed by atoms with van der Waals surface area (Å²) in [6.07, 6.45) is -4.75. The molecule has 0 aliphatic rings. The Labute approximate surface area is 139 Å². The van der Waals surface area contributed by atoms with Gasteiger partial charge in [-0.05, 0) is 48.2 Å². The second kappa shape index (κ2) is 6.47. The molecule has 0 saturated heterocycles. The van der Waals surface area contributed by atoms with E-state index in [1.807, 2.05) is 20.8 Å². The van der Waals surface area contributed by atoms with Gasteiger partial charge in [-0.3, -0.25) is 4.72 Å². The molecule has 0 bridgehead atoms. The van der Waals surface area contributed by atoms with Crippen molar-refractivity contribution in [3.63, 3.8) is 0 Å². The standard InChI is InChI=1S/C17H18F3NO2S/c1-11(2)14-9-8-13(10-12(14)3)21-24(22,23)16-7-5-4-6-15(16)17(18,19)20/h4-11,21H,1-3H3. The van der Waals surface area contributed by atoms with E-state index >= 15 is 0 Å². The van der Waals surface area contributed by atoms with E-state index < -0.39 is 26.7 Å². The van der Waals surface area contributed by atoms with E-state index in [4.69, 9.17) is 0 Å². The van der Waals surface area contributed by atoms with E-state index in [-0.39, 0.29) is 11.6 Å². The molecule has 0 unspecified atom stereocenters. The molecule has 0 amide bonds. The van der Waals surface area contributed by atoms with Crippen LogP contribution in [-0.4, -0.2) is 8.42 Å². The SMILES string of the molecule is Cc1cc(NS(=O)(=O)c2ccccc2C(F)(F)F)ccc1C(C)C. The first-order valence-corrected chi connectivity index (χ1v) is 8.80. The molecule has 0 atom stereocenters. The fourth-order valence-corrected chi connectivity index (χ4v) is 3.81. The van der Waals surface area contributed by atoms with E-state index in [0.717, 1.165) is 29.3 Å². The molecule has 1 N–H and O–H groups in total. The third-order valence-electron chi connectivity index (χ3n) is 3.63. The van der Waals surface area contributed by atoms with Gasteiger partial charge >= 0.3 is 6.18 Å². The Morgan fingerprint density at radius 3 is 2.21 bits per heavy atom. The monoisotopic (exact) mass is 357 g/mol. The average molecular weight is 357 g/mol. The Hall–Kier alpha value is -2.02. The summed E-state index contributed by atoms with van der Waals surface area (Å²) >= 11 is 0. The van der Waals surface area contributed by atoms with E-state index in [0.29, 0.717) is 0 Å². The van der Waals surface area contributed by atoms with Gasteiger partial charge in [0.1, 0.15) is 0 Å². The van der Waals surface area contributed by atoms with Crippen molar-refractivity contribution < 1.29 is 21.6 Å². The van der Waals surface area contributed by atoms with Crippen LogP contribution in [0.15, 0.2) is 47.4 Å². The van der Waals surface area contributed by atoms with Crippen molar-refractivity contribution in [2.75, 3.05) is 4.72 Å². The minimum Gasteiger partial charge on any atom is -0.280 e. The molecule has 0 saturated carbocycles. The Balaban J connectivity index is 2.42. The van der Waals surface area contributed by atoms with Gasteiger partial charge in [-0.25, -0.2) is 8.42 Å². The number of rotatable bonds is 4. The predicted molar refractivity (Wildman–Crippen MR) is 87.5 cm³/mol. The zero-order chi connectivity index (χ0) is 18.1. The van der Waals surface area contributed by atoms with Gasteiger partial charge in [0, 0.05) is 5.69 Å². The van der Waals surface area contributed by atoms with E-state index in [2.05, 4.69) is 4.72 Å². The van der Waals surface area contributed by atoms with E-state index in [1.54, 1.807) is 18.2 Å². The lowest BCUT2D eigenvalue weighted by molar-refractivity contribution is -0.139. The zero-order valence-electron chi connectivity index (χ0n) is 13.5. The van der Waals surface area contributed by atoms with Gasteiger partial charge in [-0.1, -0.05) is 32.0 Å². The summed E-state index contributed by atoms with van der Waals surface area (Å²) in [6.45, 7) is 5.84. The molecular formula is C17H18F3NO2S. The van der Waals surface area contributed by atoms with Crippen LogP contribution in [0.25, 0.3) is 0 Å². The van der Waals surface area contributed by atoms with Crippen LogP contribution >= 0.6 is 0 Å². The summed E-state index contributed by atoms with van der Waals surface area (Å²) in [4.78, 5) is -0.789. The van der Waals surface area contributed by atoms with Crippen molar-refractivity contribution in [1.29, 1.82) is 0 Å². The van der Waals surface area contributed by atoms with Crippen molar-refractivity contribution in [2.24, 2.45) is 0 Å². The second-order valence-corrected chi connectivity index (χ2v) is 7.48. The maximum Gasteiger partial charge on any atom is 0.417 e. The highest BCUT2D eigenvalue weighted by Gasteiger charge is 2.36. The van der Waals surface area contributed by atoms with Gasteiger partial charge in [0.05, 0.1) is 10.5 Å². The Bertz CT molecular complexity index is 843. The van der Waals surface area contributed by atoms with Crippen LogP contribution in [0, 0.1) is 6.92 Å². The lowest BCUT2D eigenvalue weighted by atomic mass is 9.98. The number of benzene rings is 2. The molecule has 0 radical (unpaired) electrons. The van der Waals surface area contributed by atoms with Crippen LogP contribution < -0.4 is 4.72 Å². The number of halogens is 3. The number of aryl methyl sites for hydroxylation is 1. The highest BCUT2D eigenvalue weighted by Crippen LogP contribution is 2.34. The third-order valence-corrected chi connectivity index (χ3v) is 5.07. The molecular weight excluding hydrogens is 339 g/mol. The number of alkyl halides is 3. The van der Waals surface area contributed by atoms with E-state index in [9.17, 15) is 21.6 Å². The van der Waals surface area contributed by atoms with Gasteiger partial charge in [0.15, 0.2) is 0 Å². The lowest BCUT2D eigenvalue weighted by Crippen LogP contribution is -2.19. The smallest absolute Gasteiger partial charge is 0.280 e. The fraction of sp³-hybridized carbons (Fsp3) is 0.294. The molecule has 2 aromatic rings. The molecule has 0 aromatic heterocycles. The summed E-state index contributed by atoms with van der Waals surface area (Å²) in [7, 11) is -4.35. The number of sulfonamides is 1. The topological polar surface area (TPSA) is 46.2 Å². The molecule has 130 valence electrons. The van der Waals surface area contributed by atoms with Crippen LogP contribution in [0.4, 0.5) is 18.9 Å². The summed E-state index contributed by atoms with van der Waals surface area (Å²) < 4.78 is 66.1. The minimum absolute atomic E-state index is 0.230. The molecule has 0 aliphatic heterocycles. The quantitative estimate of drug-likeness (QED) is 0.843. The van der Waals surface area contributed by atoms with Crippen molar-refractivity contribution >= 4 is 15.7 Å². The maximum absolute atomic E-state index is 13.0. The molecule has 7 heteroatoms. The highest BCUT2D eigenvalue weighted by atomic mass is 32.2. The molecule has 24 heavy (non-hydrogen) atoms. The summed E-state index contributed by atoms with van der Waals surface area (Å²) in [5.74, 6) is 0.265. The van der Waals surface area contributed by atoms with Crippen molar-refractivity contribution in [3.8, 4) is 0 Å². The van der Waals surface area contributed by atoms with Gasteiger partial charge in [-0.2, -0.15) is 13.2 Å². The summed E-state index contributed by atoms with van der Waals surface area (Å²) in [5, 5.41) is 0. The van der Waals surface area contributed by atoms with Crippen molar-refractivity contribution in [1.82, 2.24) is 0 Å². The van der Waals surface area contributed by atoms with Crippen LogP contribution in [0.2, 0.25) is 0 Å². The van der Waals surface area contributed by atoms with Crippen LogP contribution in [0.5, 0.6) is 0 Å². The fourth-order valence-electron chi connectivity index (χ4n) is 2.53. The van der Waals surface area contributed by atoms with Crippen molar-refractivity contribution in [2.45, 2.75) is 37.8 Å². The molecule has 0 spiro atoms. The average Bonchev–Trinajstić information content (AvgIpc) is 2.45. The van der Waals surface area contributed by atoms with Crippen molar-refractivity contribution in [3.05, 3.63) is 59.2 Å². The summed E-state index contributed by atoms with van der Waals surface area (Å²) in [6, 6.07) is 9.05. The number of hydrogen-bond acceptors (Lipinski definition) is 2. The number of nitrogens with one attached hydrogen (secondary N) is 1. The van der Waals surface area contributed by atoms with Gasteiger partial charge in [0.2, 0.25) is 0 Å². The van der Waals surface area contributed by atoms with Crippen LogP contribution in [0.1, 0.15) is 36.5 Å². The van der Waals surface area contributed by atoms with E-state index in [1.165, 1.54) is 6.07 Å². The number of hydrogen-bond donors (Lipinski definition) is 1. The largest absolute Gasteiger partial charge is 0.417 e. The van der Waals surface area contributed by atoms with Crippen LogP contribution in [0.3, 0.4) is 0 Å². The summed E-state index contributed by atoms with van der Waals surface area (Å²) in [5.41, 5.74) is 0.963. The minimum atomic E-state index is -4.75. The Kier molecular flexibility index (Phi) is 4.94. The zero-order valence-corrected chi connectivity index (χ0v) is 14.3. The molecule has 2 rings (SSSR count). The third kappa shape index (κ3) is 3.90. The first-order chi connectivity index (χ1) is 11.0. The molecule has 2 aromatic carbocycles. The lowest BCUT2D eigenvalue weighted by Gasteiger charge is -2.16. The predicted octanol–water partition coefficient (Wildman–Crippen LogP) is 4.94. The number of anilines is 1. The Morgan fingerprint density at radius 2 is 1.67 bits per heavy atom. The molecule has 0 aliphatic carbocycles. The molecule has 0 fully saturated rings. The maximum atomic E-state index is 13.0. The molecule has 3 nitrogen and oxygen atoms in total. The van der Waals surface area contributed by atoms with Crippen LogP contribution in [-0.2, 0) is 16.2 Å². The first-order valence-electron chi connectivity index (χ1n) is 7.32. The highest BCUT2D eigenvalue weighted by molar-refractivity contribution is 7.92. The molecule has 0 heterocycles. The van der Waals surface area contributed by atoms with Gasteiger partial charge in [0.25, 0.3) is 10.0 Å². The Morgan fingerprint density at radius 1 is 1.04 bits per heavy atom.